The summed E-state index contributed by atoms with van der Waals surface area (Å²) in [4.78, 5) is 2.29. The molecule has 0 bridgehead atoms. The number of anilines is 1. The van der Waals surface area contributed by atoms with Gasteiger partial charge in [0.1, 0.15) is 5.75 Å². The van der Waals surface area contributed by atoms with Crippen molar-refractivity contribution >= 4 is 23.0 Å². The van der Waals surface area contributed by atoms with Crippen LogP contribution in [0.15, 0.2) is 36.4 Å². The number of hydrogen-bond acceptors (Lipinski definition) is 4. The van der Waals surface area contributed by atoms with Gasteiger partial charge in [0.05, 0.1) is 21.3 Å². The van der Waals surface area contributed by atoms with E-state index in [4.69, 9.17) is 26.4 Å². The largest absolute Gasteiger partial charge is 0.496 e. The number of nitrogens with zero attached hydrogens (tertiary/aromatic N) is 1. The van der Waals surface area contributed by atoms with Crippen LogP contribution in [0.3, 0.4) is 0 Å². The van der Waals surface area contributed by atoms with E-state index in [2.05, 4.69) is 22.3 Å². The van der Waals surface area contributed by atoms with Crippen molar-refractivity contribution in [1.29, 1.82) is 0 Å². The Balaban J connectivity index is 1.84. The van der Waals surface area contributed by atoms with Crippen LogP contribution in [0, 0.1) is 6.92 Å². The molecule has 0 heterocycles. The summed E-state index contributed by atoms with van der Waals surface area (Å²) in [5.74, 6) is 2.37. The summed E-state index contributed by atoms with van der Waals surface area (Å²) in [6.07, 6.45) is 4.77. The lowest BCUT2D eigenvalue weighted by Crippen LogP contribution is -2.41. The first-order valence-electron chi connectivity index (χ1n) is 9.99. The van der Waals surface area contributed by atoms with Crippen molar-refractivity contribution in [1.82, 2.24) is 4.90 Å². The Morgan fingerprint density at radius 2 is 1.76 bits per heavy atom. The maximum Gasteiger partial charge on any atom is 0.173 e. The van der Waals surface area contributed by atoms with Crippen LogP contribution in [0.4, 0.5) is 5.69 Å². The average Bonchev–Trinajstić information content (AvgIpc) is 3.26. The van der Waals surface area contributed by atoms with Gasteiger partial charge in [0.2, 0.25) is 0 Å². The predicted molar refractivity (Wildman–Crippen MR) is 121 cm³/mol. The second-order valence-electron chi connectivity index (χ2n) is 7.33. The number of benzene rings is 2. The van der Waals surface area contributed by atoms with E-state index in [0.29, 0.717) is 12.6 Å². The van der Waals surface area contributed by atoms with Crippen LogP contribution < -0.4 is 19.5 Å². The Kier molecular flexibility index (Phi) is 7.20. The first kappa shape index (κ1) is 21.2. The molecule has 1 aliphatic carbocycles. The molecular formula is C23H30N2O3S. The molecular weight excluding hydrogens is 384 g/mol. The molecule has 0 atom stereocenters. The summed E-state index contributed by atoms with van der Waals surface area (Å²) in [6, 6.07) is 12.4. The standard InChI is InChI=1S/C23H30N2O3S/c1-16-14-18(12-13-20(16)26-2)24-23(29)25(19-9-5-6-10-19)15-17-8-7-11-21(27-3)22(17)28-4/h7-8,11-14,19H,5-6,9-10,15H2,1-4H3,(H,24,29). The van der Waals surface area contributed by atoms with Crippen LogP contribution in [0.25, 0.3) is 0 Å². The van der Waals surface area contributed by atoms with Crippen LogP contribution in [0.2, 0.25) is 0 Å². The fourth-order valence-corrected chi connectivity index (χ4v) is 4.33. The lowest BCUT2D eigenvalue weighted by molar-refractivity contribution is 0.300. The molecule has 156 valence electrons. The van der Waals surface area contributed by atoms with E-state index >= 15 is 0 Å². The number of rotatable bonds is 7. The van der Waals surface area contributed by atoms with E-state index in [1.54, 1.807) is 21.3 Å². The second kappa shape index (κ2) is 9.83. The van der Waals surface area contributed by atoms with Gasteiger partial charge in [-0.3, -0.25) is 0 Å². The van der Waals surface area contributed by atoms with E-state index in [1.165, 1.54) is 12.8 Å². The molecule has 0 saturated heterocycles. The van der Waals surface area contributed by atoms with Gasteiger partial charge in [-0.25, -0.2) is 0 Å². The van der Waals surface area contributed by atoms with E-state index < -0.39 is 0 Å². The van der Waals surface area contributed by atoms with E-state index in [0.717, 1.165) is 52.0 Å². The molecule has 2 aromatic carbocycles. The molecule has 5 nitrogen and oxygen atoms in total. The van der Waals surface area contributed by atoms with Crippen LogP contribution in [-0.4, -0.2) is 37.4 Å². The molecule has 6 heteroatoms. The van der Waals surface area contributed by atoms with Crippen molar-refractivity contribution in [3.05, 3.63) is 47.5 Å². The fraction of sp³-hybridized carbons (Fsp3) is 0.435. The van der Waals surface area contributed by atoms with Crippen LogP contribution in [0.5, 0.6) is 17.2 Å². The van der Waals surface area contributed by atoms with E-state index in [-0.39, 0.29) is 0 Å². The highest BCUT2D eigenvalue weighted by atomic mass is 32.1. The van der Waals surface area contributed by atoms with Crippen molar-refractivity contribution in [2.24, 2.45) is 0 Å². The SMILES string of the molecule is COc1ccc(NC(=S)N(Cc2cccc(OC)c2OC)C2CCCC2)cc1C. The van der Waals surface area contributed by atoms with Crippen molar-refractivity contribution in [3.8, 4) is 17.2 Å². The van der Waals surface area contributed by atoms with Crippen molar-refractivity contribution in [2.45, 2.75) is 45.2 Å². The van der Waals surface area contributed by atoms with Gasteiger partial charge in [-0.05, 0) is 61.8 Å². The van der Waals surface area contributed by atoms with Gasteiger partial charge in [-0.1, -0.05) is 25.0 Å². The summed E-state index contributed by atoms with van der Waals surface area (Å²) < 4.78 is 16.5. The second-order valence-corrected chi connectivity index (χ2v) is 7.72. The van der Waals surface area contributed by atoms with Gasteiger partial charge < -0.3 is 24.4 Å². The molecule has 29 heavy (non-hydrogen) atoms. The van der Waals surface area contributed by atoms with Crippen molar-refractivity contribution in [3.63, 3.8) is 0 Å². The highest BCUT2D eigenvalue weighted by Crippen LogP contribution is 2.34. The highest BCUT2D eigenvalue weighted by Gasteiger charge is 2.26. The molecule has 1 aliphatic rings. The number of ether oxygens (including phenoxy) is 3. The third-order valence-corrected chi connectivity index (χ3v) is 5.83. The topological polar surface area (TPSA) is 43.0 Å². The summed E-state index contributed by atoms with van der Waals surface area (Å²) in [5.41, 5.74) is 3.10. The minimum absolute atomic E-state index is 0.422. The molecule has 0 radical (unpaired) electrons. The molecule has 0 aromatic heterocycles. The molecule has 2 aromatic rings. The first-order chi connectivity index (χ1) is 14.1. The number of methoxy groups -OCH3 is 3. The number of nitrogens with one attached hydrogen (secondary N) is 1. The number of thiocarbonyl (C=S) groups is 1. The zero-order valence-electron chi connectivity index (χ0n) is 17.7. The van der Waals surface area contributed by atoms with Crippen LogP contribution in [0.1, 0.15) is 36.8 Å². The maximum atomic E-state index is 5.85. The zero-order valence-corrected chi connectivity index (χ0v) is 18.5. The number of para-hydroxylation sites is 1. The normalized spacial score (nSPS) is 13.8. The van der Waals surface area contributed by atoms with Gasteiger partial charge in [0.15, 0.2) is 16.6 Å². The number of aryl methyl sites for hydroxylation is 1. The Hall–Kier alpha value is -2.47. The predicted octanol–water partition coefficient (Wildman–Crippen LogP) is 5.16. The Morgan fingerprint density at radius 3 is 2.38 bits per heavy atom. The molecule has 1 fully saturated rings. The molecule has 1 saturated carbocycles. The summed E-state index contributed by atoms with van der Waals surface area (Å²) >= 11 is 5.85. The lowest BCUT2D eigenvalue weighted by Gasteiger charge is -2.32. The van der Waals surface area contributed by atoms with Crippen molar-refractivity contribution < 1.29 is 14.2 Å². The third kappa shape index (κ3) is 4.93. The van der Waals surface area contributed by atoms with Gasteiger partial charge in [0, 0.05) is 23.8 Å². The monoisotopic (exact) mass is 414 g/mol. The molecule has 0 spiro atoms. The molecule has 0 unspecified atom stereocenters. The smallest absolute Gasteiger partial charge is 0.173 e. The van der Waals surface area contributed by atoms with Gasteiger partial charge in [-0.15, -0.1) is 0 Å². The van der Waals surface area contributed by atoms with E-state index in [9.17, 15) is 0 Å². The zero-order chi connectivity index (χ0) is 20.8. The Morgan fingerprint density at radius 1 is 1.03 bits per heavy atom. The highest BCUT2D eigenvalue weighted by molar-refractivity contribution is 7.80. The Labute approximate surface area is 179 Å². The first-order valence-corrected chi connectivity index (χ1v) is 10.4. The average molecular weight is 415 g/mol. The summed E-state index contributed by atoms with van der Waals surface area (Å²) in [6.45, 7) is 2.70. The minimum atomic E-state index is 0.422. The quantitative estimate of drug-likeness (QED) is 0.631. The van der Waals surface area contributed by atoms with Gasteiger partial charge >= 0.3 is 0 Å². The van der Waals surface area contributed by atoms with Crippen LogP contribution in [-0.2, 0) is 6.54 Å². The molecule has 0 amide bonds. The fourth-order valence-electron chi connectivity index (χ4n) is 4.00. The third-order valence-electron chi connectivity index (χ3n) is 5.50. The van der Waals surface area contributed by atoms with E-state index in [1.807, 2.05) is 31.2 Å². The summed E-state index contributed by atoms with van der Waals surface area (Å²) in [7, 11) is 5.02. The number of hydrogen-bond donors (Lipinski definition) is 1. The van der Waals surface area contributed by atoms with Crippen molar-refractivity contribution in [2.75, 3.05) is 26.6 Å². The molecule has 3 rings (SSSR count). The maximum absolute atomic E-state index is 5.85. The summed E-state index contributed by atoms with van der Waals surface area (Å²) in [5, 5.41) is 4.16. The van der Waals surface area contributed by atoms with Crippen LogP contribution >= 0.6 is 12.2 Å². The molecule has 1 N–H and O–H groups in total. The van der Waals surface area contributed by atoms with Gasteiger partial charge in [-0.2, -0.15) is 0 Å². The lowest BCUT2D eigenvalue weighted by atomic mass is 10.1. The molecule has 0 aliphatic heterocycles. The van der Waals surface area contributed by atoms with Gasteiger partial charge in [0.25, 0.3) is 0 Å². The Bertz CT molecular complexity index is 850. The minimum Gasteiger partial charge on any atom is -0.496 e.